The smallest absolute Gasteiger partial charge is 0.0190 e. The van der Waals surface area contributed by atoms with Crippen LogP contribution in [0.15, 0.2) is 140 Å². The van der Waals surface area contributed by atoms with Gasteiger partial charge in [-0.1, -0.05) is 72.8 Å². The Labute approximate surface area is 248 Å². The summed E-state index contributed by atoms with van der Waals surface area (Å²) in [6.45, 7) is 2.05. The third-order valence-corrected chi connectivity index (χ3v) is 6.72. The van der Waals surface area contributed by atoms with E-state index >= 15 is 0 Å². The molecular formula is C37H26IrN2-2. The summed E-state index contributed by atoms with van der Waals surface area (Å²) in [6.07, 6.45) is 3.69. The molecule has 0 aliphatic heterocycles. The standard InChI is InChI=1S/C26H18N.C11H8N.Ir/c1-18-13-14-26(27-17-18)21-9-6-8-19(15-21)25-16-20-7-2-3-10-22(20)23-11-4-5-12-24(23)25;1-2-6-10(7-3-1)11-8-4-5-9-12-11;/h2-8,10-17H,1H3;1-6,8-9H;/q2*-1;. The summed E-state index contributed by atoms with van der Waals surface area (Å²) in [6, 6.07) is 50.1. The Morgan fingerprint density at radius 1 is 0.550 bits per heavy atom. The number of fused-ring (bicyclic) bond motifs is 3. The van der Waals surface area contributed by atoms with Gasteiger partial charge in [0.2, 0.25) is 0 Å². The Hall–Kier alpha value is -4.43. The molecule has 0 aliphatic carbocycles. The molecule has 0 bridgehead atoms. The van der Waals surface area contributed by atoms with Crippen LogP contribution < -0.4 is 0 Å². The van der Waals surface area contributed by atoms with Crippen molar-refractivity contribution in [3.8, 4) is 33.6 Å². The van der Waals surface area contributed by atoms with Gasteiger partial charge in [-0.3, -0.25) is 0 Å². The van der Waals surface area contributed by atoms with Crippen molar-refractivity contribution in [3.63, 3.8) is 0 Å². The van der Waals surface area contributed by atoms with Crippen LogP contribution in [0.4, 0.5) is 0 Å². The molecule has 7 aromatic rings. The Balaban J connectivity index is 0.000000209. The van der Waals surface area contributed by atoms with Crippen LogP contribution >= 0.6 is 0 Å². The fraction of sp³-hybridized carbons (Fsp3) is 0.0270. The van der Waals surface area contributed by atoms with E-state index in [1.165, 1.54) is 32.7 Å². The Morgan fingerprint density at radius 3 is 2.02 bits per heavy atom. The number of hydrogen-bond acceptors (Lipinski definition) is 2. The molecule has 0 amide bonds. The molecule has 0 fully saturated rings. The molecule has 2 aromatic heterocycles. The number of aromatic nitrogens is 2. The monoisotopic (exact) mass is 691 g/mol. The number of benzene rings is 5. The number of aryl methyl sites for hydroxylation is 1. The van der Waals surface area contributed by atoms with E-state index < -0.39 is 0 Å². The maximum atomic E-state index is 4.56. The largest absolute Gasteiger partial charge is 0.305 e. The first kappa shape index (κ1) is 27.1. The second-order valence-electron chi connectivity index (χ2n) is 9.39. The SMILES string of the molecule is Cc1ccc(-c2[c-]ccc(-c3cc4ccccc4c4ccccc34)c2)nc1.[Ir].[c-]1ccccc1-c1ccccn1. The predicted molar refractivity (Wildman–Crippen MR) is 162 cm³/mol. The van der Waals surface area contributed by atoms with Crippen LogP contribution in [0.3, 0.4) is 0 Å². The van der Waals surface area contributed by atoms with Crippen LogP contribution in [-0.2, 0) is 20.1 Å². The average Bonchev–Trinajstić information content (AvgIpc) is 3.02. The minimum atomic E-state index is 0. The van der Waals surface area contributed by atoms with E-state index in [4.69, 9.17) is 0 Å². The quantitative estimate of drug-likeness (QED) is 0.136. The zero-order chi connectivity index (χ0) is 26.4. The van der Waals surface area contributed by atoms with E-state index in [2.05, 4.69) is 108 Å². The molecule has 3 heteroatoms. The molecule has 0 saturated carbocycles. The van der Waals surface area contributed by atoms with Crippen LogP contribution in [-0.4, -0.2) is 9.97 Å². The fourth-order valence-corrected chi connectivity index (χ4v) is 4.78. The topological polar surface area (TPSA) is 25.8 Å². The molecule has 0 atom stereocenters. The molecule has 2 heterocycles. The van der Waals surface area contributed by atoms with E-state index in [0.717, 1.165) is 28.1 Å². The number of rotatable bonds is 3. The van der Waals surface area contributed by atoms with Crippen molar-refractivity contribution in [2.45, 2.75) is 6.92 Å². The molecule has 0 spiro atoms. The van der Waals surface area contributed by atoms with Crippen molar-refractivity contribution in [1.82, 2.24) is 9.97 Å². The molecule has 195 valence electrons. The van der Waals surface area contributed by atoms with Crippen LogP contribution in [0.1, 0.15) is 5.56 Å². The van der Waals surface area contributed by atoms with Gasteiger partial charge in [0.25, 0.3) is 0 Å². The Morgan fingerprint density at radius 2 is 1.27 bits per heavy atom. The van der Waals surface area contributed by atoms with Crippen molar-refractivity contribution < 1.29 is 20.1 Å². The zero-order valence-corrected chi connectivity index (χ0v) is 24.4. The maximum absolute atomic E-state index is 4.56. The van der Waals surface area contributed by atoms with Crippen LogP contribution in [0.5, 0.6) is 0 Å². The van der Waals surface area contributed by atoms with Gasteiger partial charge in [0.05, 0.1) is 0 Å². The Bertz CT molecular complexity index is 1810. The van der Waals surface area contributed by atoms with Crippen molar-refractivity contribution in [2.75, 3.05) is 0 Å². The van der Waals surface area contributed by atoms with Crippen LogP contribution in [0.25, 0.3) is 55.2 Å². The summed E-state index contributed by atoms with van der Waals surface area (Å²) in [5.41, 5.74) is 7.57. The third kappa shape index (κ3) is 5.92. The molecule has 1 radical (unpaired) electrons. The summed E-state index contributed by atoms with van der Waals surface area (Å²) in [5, 5.41) is 5.10. The van der Waals surface area contributed by atoms with E-state index in [9.17, 15) is 0 Å². The van der Waals surface area contributed by atoms with Crippen LogP contribution in [0.2, 0.25) is 0 Å². The summed E-state index contributed by atoms with van der Waals surface area (Å²) in [4.78, 5) is 8.78. The van der Waals surface area contributed by atoms with Crippen molar-refractivity contribution in [3.05, 3.63) is 157 Å². The zero-order valence-electron chi connectivity index (χ0n) is 22.0. The van der Waals surface area contributed by atoms with Gasteiger partial charge in [0, 0.05) is 32.5 Å². The summed E-state index contributed by atoms with van der Waals surface area (Å²) < 4.78 is 0. The number of nitrogens with zero attached hydrogens (tertiary/aromatic N) is 2. The molecule has 2 nitrogen and oxygen atoms in total. The van der Waals surface area contributed by atoms with Gasteiger partial charge in [-0.15, -0.1) is 71.3 Å². The summed E-state index contributed by atoms with van der Waals surface area (Å²) in [7, 11) is 0. The number of hydrogen-bond donors (Lipinski definition) is 0. The predicted octanol–water partition coefficient (Wildman–Crippen LogP) is 9.38. The first-order chi connectivity index (χ1) is 19.3. The van der Waals surface area contributed by atoms with Gasteiger partial charge < -0.3 is 9.97 Å². The van der Waals surface area contributed by atoms with Crippen molar-refractivity contribution in [1.29, 1.82) is 0 Å². The molecular weight excluding hydrogens is 665 g/mol. The molecule has 0 saturated heterocycles. The third-order valence-electron chi connectivity index (χ3n) is 6.72. The maximum Gasteiger partial charge on any atom is 0.0190 e. The molecule has 40 heavy (non-hydrogen) atoms. The van der Waals surface area contributed by atoms with E-state index in [1.807, 2.05) is 54.7 Å². The van der Waals surface area contributed by atoms with Gasteiger partial charge in [-0.2, -0.15) is 0 Å². The van der Waals surface area contributed by atoms with Gasteiger partial charge in [0.1, 0.15) is 0 Å². The van der Waals surface area contributed by atoms with Crippen molar-refractivity contribution >= 4 is 21.5 Å². The molecule has 0 N–H and O–H groups in total. The van der Waals surface area contributed by atoms with E-state index in [0.29, 0.717) is 0 Å². The van der Waals surface area contributed by atoms with Gasteiger partial charge in [0.15, 0.2) is 0 Å². The average molecular weight is 691 g/mol. The molecule has 0 aliphatic rings. The summed E-state index contributed by atoms with van der Waals surface area (Å²) in [5.74, 6) is 0. The minimum absolute atomic E-state index is 0. The van der Waals surface area contributed by atoms with Gasteiger partial charge >= 0.3 is 0 Å². The second kappa shape index (κ2) is 12.6. The molecule has 7 rings (SSSR count). The van der Waals surface area contributed by atoms with Gasteiger partial charge in [-0.25, -0.2) is 0 Å². The Kier molecular flexibility index (Phi) is 8.56. The fourth-order valence-electron chi connectivity index (χ4n) is 4.78. The minimum Gasteiger partial charge on any atom is -0.305 e. The van der Waals surface area contributed by atoms with Crippen molar-refractivity contribution in [2.24, 2.45) is 0 Å². The second-order valence-corrected chi connectivity index (χ2v) is 9.39. The molecule has 0 unspecified atom stereocenters. The van der Waals surface area contributed by atoms with Crippen LogP contribution in [0, 0.1) is 19.1 Å². The molecule has 5 aromatic carbocycles. The van der Waals surface area contributed by atoms with Gasteiger partial charge in [-0.05, 0) is 63.1 Å². The van der Waals surface area contributed by atoms with E-state index in [-0.39, 0.29) is 20.1 Å². The summed E-state index contributed by atoms with van der Waals surface area (Å²) >= 11 is 0. The van der Waals surface area contributed by atoms with E-state index in [1.54, 1.807) is 6.20 Å². The normalized spacial score (nSPS) is 10.4. The first-order valence-corrected chi connectivity index (χ1v) is 13.0. The first-order valence-electron chi connectivity index (χ1n) is 13.0. The number of pyridine rings is 2.